The molecule has 28 heavy (non-hydrogen) atoms. The fourth-order valence-electron chi connectivity index (χ4n) is 3.89. The van der Waals surface area contributed by atoms with Crippen LogP contribution >= 0.6 is 0 Å². The molecule has 4 rings (SSSR count). The SMILES string of the molecule is COc1ccc([C@@H](CNCc2ccc(-n3ccnc3)cc2)N2CCCC2)cc1. The zero-order valence-corrected chi connectivity index (χ0v) is 16.4. The Morgan fingerprint density at radius 3 is 2.43 bits per heavy atom. The van der Waals surface area contributed by atoms with Crippen molar-refractivity contribution in [1.29, 1.82) is 0 Å². The summed E-state index contributed by atoms with van der Waals surface area (Å²) in [5.74, 6) is 0.912. The zero-order valence-electron chi connectivity index (χ0n) is 16.4. The average Bonchev–Trinajstić information content (AvgIpc) is 3.46. The predicted octanol–water partition coefficient (Wildman–Crippen LogP) is 3.81. The molecule has 146 valence electrons. The topological polar surface area (TPSA) is 42.3 Å². The van der Waals surface area contributed by atoms with Gasteiger partial charge in [-0.05, 0) is 61.3 Å². The number of nitrogens with zero attached hydrogens (tertiary/aromatic N) is 3. The smallest absolute Gasteiger partial charge is 0.118 e. The summed E-state index contributed by atoms with van der Waals surface area (Å²) in [6, 6.07) is 17.6. The molecule has 5 heteroatoms. The molecule has 2 heterocycles. The van der Waals surface area contributed by atoms with Crippen molar-refractivity contribution in [3.63, 3.8) is 0 Å². The van der Waals surface area contributed by atoms with E-state index in [9.17, 15) is 0 Å². The highest BCUT2D eigenvalue weighted by atomic mass is 16.5. The largest absolute Gasteiger partial charge is 0.497 e. The highest BCUT2D eigenvalue weighted by Gasteiger charge is 2.23. The third-order valence-corrected chi connectivity index (χ3v) is 5.49. The number of rotatable bonds is 8. The molecule has 0 spiro atoms. The molecular weight excluding hydrogens is 348 g/mol. The van der Waals surface area contributed by atoms with Crippen molar-refractivity contribution in [1.82, 2.24) is 19.8 Å². The number of imidazole rings is 1. The quantitative estimate of drug-likeness (QED) is 0.649. The molecule has 3 aromatic rings. The summed E-state index contributed by atoms with van der Waals surface area (Å²) in [7, 11) is 1.71. The molecule has 0 amide bonds. The van der Waals surface area contributed by atoms with E-state index < -0.39 is 0 Å². The van der Waals surface area contributed by atoms with Crippen molar-refractivity contribution in [2.75, 3.05) is 26.7 Å². The number of hydrogen-bond acceptors (Lipinski definition) is 4. The molecule has 2 aromatic carbocycles. The molecule has 1 aromatic heterocycles. The van der Waals surface area contributed by atoms with E-state index in [1.165, 1.54) is 37.1 Å². The summed E-state index contributed by atoms with van der Waals surface area (Å²) in [5, 5.41) is 3.67. The van der Waals surface area contributed by atoms with Crippen molar-refractivity contribution < 1.29 is 4.74 Å². The second-order valence-corrected chi connectivity index (χ2v) is 7.30. The van der Waals surface area contributed by atoms with Crippen LogP contribution in [0.25, 0.3) is 5.69 Å². The molecule has 1 N–H and O–H groups in total. The minimum atomic E-state index is 0.402. The van der Waals surface area contributed by atoms with Crippen molar-refractivity contribution in [3.05, 3.63) is 78.4 Å². The van der Waals surface area contributed by atoms with Gasteiger partial charge in [-0.15, -0.1) is 0 Å². The van der Waals surface area contributed by atoms with Crippen LogP contribution in [0.3, 0.4) is 0 Å². The third kappa shape index (κ3) is 4.43. The lowest BCUT2D eigenvalue weighted by Crippen LogP contribution is -2.34. The molecule has 0 radical (unpaired) electrons. The van der Waals surface area contributed by atoms with Crippen molar-refractivity contribution >= 4 is 0 Å². The Bertz CT molecular complexity index is 837. The Balaban J connectivity index is 1.38. The number of nitrogens with one attached hydrogen (secondary N) is 1. The summed E-state index contributed by atoms with van der Waals surface area (Å²) >= 11 is 0. The fraction of sp³-hybridized carbons (Fsp3) is 0.348. The van der Waals surface area contributed by atoms with E-state index in [-0.39, 0.29) is 0 Å². The Hall–Kier alpha value is -2.63. The van der Waals surface area contributed by atoms with Gasteiger partial charge >= 0.3 is 0 Å². The maximum atomic E-state index is 5.31. The first kappa shape index (κ1) is 18.7. The van der Waals surface area contributed by atoms with E-state index >= 15 is 0 Å². The van der Waals surface area contributed by atoms with Gasteiger partial charge in [0.2, 0.25) is 0 Å². The van der Waals surface area contributed by atoms with Gasteiger partial charge in [0.05, 0.1) is 13.4 Å². The van der Waals surface area contributed by atoms with Crippen molar-refractivity contribution in [2.24, 2.45) is 0 Å². The van der Waals surface area contributed by atoms with Gasteiger partial charge in [-0.3, -0.25) is 4.90 Å². The third-order valence-electron chi connectivity index (χ3n) is 5.49. The molecule has 1 atom stereocenters. The van der Waals surface area contributed by atoms with E-state index in [2.05, 4.69) is 63.7 Å². The van der Waals surface area contributed by atoms with E-state index in [1.807, 2.05) is 17.1 Å². The maximum Gasteiger partial charge on any atom is 0.118 e. The van der Waals surface area contributed by atoms with Crippen LogP contribution in [0.2, 0.25) is 0 Å². The highest BCUT2D eigenvalue weighted by Crippen LogP contribution is 2.26. The molecule has 1 aliphatic rings. The van der Waals surface area contributed by atoms with E-state index in [4.69, 9.17) is 4.74 Å². The van der Waals surface area contributed by atoms with Crippen LogP contribution in [0.5, 0.6) is 5.75 Å². The van der Waals surface area contributed by atoms with Crippen LogP contribution in [0.15, 0.2) is 67.3 Å². The lowest BCUT2D eigenvalue weighted by atomic mass is 10.0. The van der Waals surface area contributed by atoms with Gasteiger partial charge < -0.3 is 14.6 Å². The minimum Gasteiger partial charge on any atom is -0.497 e. The predicted molar refractivity (Wildman–Crippen MR) is 112 cm³/mol. The molecule has 0 saturated carbocycles. The van der Waals surface area contributed by atoms with Crippen LogP contribution in [0.1, 0.15) is 30.0 Å². The lowest BCUT2D eigenvalue weighted by Gasteiger charge is -2.28. The first-order chi connectivity index (χ1) is 13.8. The molecule has 0 unspecified atom stereocenters. The number of benzene rings is 2. The molecule has 0 aliphatic carbocycles. The summed E-state index contributed by atoms with van der Waals surface area (Å²) in [5.41, 5.74) is 3.78. The summed E-state index contributed by atoms with van der Waals surface area (Å²) < 4.78 is 7.33. The molecule has 1 saturated heterocycles. The Morgan fingerprint density at radius 2 is 1.79 bits per heavy atom. The highest BCUT2D eigenvalue weighted by molar-refractivity contribution is 5.34. The first-order valence-corrected chi connectivity index (χ1v) is 9.99. The molecule has 1 fully saturated rings. The average molecular weight is 377 g/mol. The maximum absolute atomic E-state index is 5.31. The first-order valence-electron chi connectivity index (χ1n) is 9.99. The van der Waals surface area contributed by atoms with Crippen molar-refractivity contribution in [2.45, 2.75) is 25.4 Å². The Kier molecular flexibility index (Phi) is 6.04. The number of hydrogen-bond donors (Lipinski definition) is 1. The standard InChI is InChI=1S/C23H28N4O/c1-28-22-10-6-20(7-11-22)23(26-13-2-3-14-26)17-25-16-19-4-8-21(9-5-19)27-15-12-24-18-27/h4-12,15,18,23,25H,2-3,13-14,16-17H2,1H3/t23-/m1/s1. The van der Waals surface area contributed by atoms with E-state index in [0.29, 0.717) is 6.04 Å². The van der Waals surface area contributed by atoms with Gasteiger partial charge in [-0.2, -0.15) is 0 Å². The number of likely N-dealkylation sites (tertiary alicyclic amines) is 1. The Labute approximate surface area is 167 Å². The van der Waals surface area contributed by atoms with Crippen LogP contribution in [0, 0.1) is 0 Å². The van der Waals surface area contributed by atoms with Gasteiger partial charge in [0.25, 0.3) is 0 Å². The molecular formula is C23H28N4O. The second-order valence-electron chi connectivity index (χ2n) is 7.30. The van der Waals surface area contributed by atoms with Crippen molar-refractivity contribution in [3.8, 4) is 11.4 Å². The summed E-state index contributed by atoms with van der Waals surface area (Å²) in [6.07, 6.45) is 8.17. The van der Waals surface area contributed by atoms with E-state index in [0.717, 1.165) is 24.5 Å². The molecule has 5 nitrogen and oxygen atoms in total. The summed E-state index contributed by atoms with van der Waals surface area (Å²) in [4.78, 5) is 6.70. The van der Waals surface area contributed by atoms with Gasteiger partial charge in [-0.1, -0.05) is 24.3 Å². The Morgan fingerprint density at radius 1 is 1.04 bits per heavy atom. The normalized spacial score (nSPS) is 15.6. The van der Waals surface area contributed by atoms with Crippen LogP contribution < -0.4 is 10.1 Å². The second kappa shape index (κ2) is 9.04. The minimum absolute atomic E-state index is 0.402. The van der Waals surface area contributed by atoms with Gasteiger partial charge in [0, 0.05) is 37.2 Å². The van der Waals surface area contributed by atoms with Crippen LogP contribution in [-0.4, -0.2) is 41.2 Å². The van der Waals surface area contributed by atoms with E-state index in [1.54, 1.807) is 13.3 Å². The number of aromatic nitrogens is 2. The molecule has 1 aliphatic heterocycles. The van der Waals surface area contributed by atoms with Gasteiger partial charge in [0.15, 0.2) is 0 Å². The van der Waals surface area contributed by atoms with Crippen LogP contribution in [0.4, 0.5) is 0 Å². The van der Waals surface area contributed by atoms with Gasteiger partial charge in [0.1, 0.15) is 5.75 Å². The molecule has 0 bridgehead atoms. The number of ether oxygens (including phenoxy) is 1. The number of methoxy groups -OCH3 is 1. The zero-order chi connectivity index (χ0) is 19.2. The fourth-order valence-corrected chi connectivity index (χ4v) is 3.89. The monoisotopic (exact) mass is 376 g/mol. The summed E-state index contributed by atoms with van der Waals surface area (Å²) in [6.45, 7) is 4.16. The van der Waals surface area contributed by atoms with Gasteiger partial charge in [-0.25, -0.2) is 4.98 Å². The van der Waals surface area contributed by atoms with Crippen LogP contribution in [-0.2, 0) is 6.54 Å². The lowest BCUT2D eigenvalue weighted by molar-refractivity contribution is 0.238.